The molecular weight excluding hydrogens is 482 g/mol. The molecule has 2 atom stereocenters. The van der Waals surface area contributed by atoms with Gasteiger partial charge in [-0.25, -0.2) is 9.98 Å². The first-order valence-electron chi connectivity index (χ1n) is 11.2. The summed E-state index contributed by atoms with van der Waals surface area (Å²) in [4.78, 5) is 25.1. The van der Waals surface area contributed by atoms with Crippen LogP contribution in [0.1, 0.15) is 20.9 Å². The van der Waals surface area contributed by atoms with Crippen molar-refractivity contribution in [2.75, 3.05) is 20.1 Å². The number of carbonyl (C=O) groups excluding carboxylic acids is 1. The van der Waals surface area contributed by atoms with Crippen LogP contribution in [0.5, 0.6) is 5.75 Å². The number of aliphatic imine (C=N–C) groups is 1. The first-order chi connectivity index (χ1) is 17.0. The van der Waals surface area contributed by atoms with Crippen LogP contribution in [0.25, 0.3) is 10.6 Å². The van der Waals surface area contributed by atoms with Crippen molar-refractivity contribution in [3.8, 4) is 16.3 Å². The molecule has 180 valence electrons. The number of nitrogens with zero attached hydrogens (tertiary/aromatic N) is 4. The van der Waals surface area contributed by atoms with Crippen molar-refractivity contribution in [3.63, 3.8) is 0 Å². The minimum absolute atomic E-state index is 0.0929. The molecular formula is C25H25N5O3S2. The summed E-state index contributed by atoms with van der Waals surface area (Å²) >= 11 is 2.88. The number of amides is 1. The smallest absolute Gasteiger partial charge is 0.276 e. The number of thiazole rings is 1. The Kier molecular flexibility index (Phi) is 6.96. The van der Waals surface area contributed by atoms with Crippen molar-refractivity contribution >= 4 is 39.8 Å². The van der Waals surface area contributed by atoms with Gasteiger partial charge in [-0.1, -0.05) is 42.1 Å². The number of aromatic nitrogens is 1. The third-order valence-corrected chi connectivity index (χ3v) is 7.90. The second-order valence-corrected chi connectivity index (χ2v) is 10.6. The predicted octanol–water partition coefficient (Wildman–Crippen LogP) is 3.77. The van der Waals surface area contributed by atoms with Gasteiger partial charge in [-0.3, -0.25) is 15.1 Å². The van der Waals surface area contributed by atoms with Crippen molar-refractivity contribution in [2.45, 2.75) is 19.1 Å². The van der Waals surface area contributed by atoms with Gasteiger partial charge in [-0.2, -0.15) is 5.10 Å². The SMILES string of the molecule is Cc1nc(-c2ccccc2)sc1COc1ccc(C(=O)N=C2CN(C)C[C@@H]2C2=NNC(O)S2)cc1. The van der Waals surface area contributed by atoms with E-state index in [9.17, 15) is 9.90 Å². The molecule has 2 aliphatic heterocycles. The monoisotopic (exact) mass is 507 g/mol. The number of ether oxygens (including phenoxy) is 1. The number of carbonyl (C=O) groups is 1. The second kappa shape index (κ2) is 10.3. The summed E-state index contributed by atoms with van der Waals surface area (Å²) in [5.41, 5.74) is 5.20. The number of rotatable bonds is 6. The molecule has 35 heavy (non-hydrogen) atoms. The largest absolute Gasteiger partial charge is 0.488 e. The van der Waals surface area contributed by atoms with Gasteiger partial charge in [0.2, 0.25) is 0 Å². The highest BCUT2D eigenvalue weighted by Crippen LogP contribution is 2.29. The van der Waals surface area contributed by atoms with Crippen LogP contribution < -0.4 is 10.2 Å². The van der Waals surface area contributed by atoms with E-state index < -0.39 is 5.56 Å². The summed E-state index contributed by atoms with van der Waals surface area (Å²) in [6.07, 6.45) is 0. The minimum Gasteiger partial charge on any atom is -0.488 e. The summed E-state index contributed by atoms with van der Waals surface area (Å²) in [5.74, 6) is 0.290. The molecule has 1 aromatic heterocycles. The summed E-state index contributed by atoms with van der Waals surface area (Å²) in [6.45, 7) is 3.71. The van der Waals surface area contributed by atoms with Gasteiger partial charge in [0, 0.05) is 29.9 Å². The van der Waals surface area contributed by atoms with Gasteiger partial charge in [0.05, 0.1) is 16.5 Å². The molecule has 2 aromatic carbocycles. The first kappa shape index (κ1) is 23.7. The zero-order valence-electron chi connectivity index (χ0n) is 19.3. The Hall–Kier alpha value is -3.05. The molecule has 3 aromatic rings. The molecule has 0 saturated carbocycles. The molecule has 0 spiro atoms. The summed E-state index contributed by atoms with van der Waals surface area (Å²) in [6, 6.07) is 17.1. The van der Waals surface area contributed by atoms with Crippen LogP contribution in [0.4, 0.5) is 0 Å². The topological polar surface area (TPSA) is 99.4 Å². The van der Waals surface area contributed by atoms with Gasteiger partial charge in [0.1, 0.15) is 22.4 Å². The number of benzene rings is 2. The number of nitrogens with one attached hydrogen (secondary N) is 1. The number of hydrazone groups is 1. The van der Waals surface area contributed by atoms with Gasteiger partial charge < -0.3 is 9.84 Å². The lowest BCUT2D eigenvalue weighted by molar-refractivity contribution is 0.100. The Morgan fingerprint density at radius 1 is 1.23 bits per heavy atom. The van der Waals surface area contributed by atoms with Gasteiger partial charge >= 0.3 is 0 Å². The lowest BCUT2D eigenvalue weighted by Crippen LogP contribution is -2.21. The average molecular weight is 508 g/mol. The van der Waals surface area contributed by atoms with Gasteiger partial charge in [0.25, 0.3) is 5.91 Å². The number of aliphatic hydroxyl groups excluding tert-OH is 1. The molecule has 2 N–H and O–H groups in total. The molecule has 2 aliphatic rings. The van der Waals surface area contributed by atoms with Gasteiger partial charge in [-0.15, -0.1) is 11.3 Å². The van der Waals surface area contributed by atoms with Gasteiger partial charge in [0.15, 0.2) is 5.56 Å². The molecule has 5 rings (SSSR count). The molecule has 8 nitrogen and oxygen atoms in total. The average Bonchev–Trinajstić information content (AvgIpc) is 3.56. The highest BCUT2D eigenvalue weighted by atomic mass is 32.2. The second-order valence-electron chi connectivity index (χ2n) is 8.41. The maximum Gasteiger partial charge on any atom is 0.276 e. The standard InChI is InChI=1S/C25H25N5O3S2/c1-15-21(34-23(26-15)17-6-4-3-5-7-17)14-33-18-10-8-16(9-11-18)22(31)27-20-13-30(2)12-19(20)24-28-29-25(32)35-24/h3-11,19,25,29,32H,12-14H2,1-2H3/t19-,25?/m0/s1. The Labute approximate surface area is 211 Å². The van der Waals surface area contributed by atoms with E-state index in [1.165, 1.54) is 11.8 Å². The Morgan fingerprint density at radius 2 is 2.00 bits per heavy atom. The quantitative estimate of drug-likeness (QED) is 0.524. The number of aliphatic hydroxyl groups is 1. The number of aryl methyl sites for hydroxylation is 1. The Balaban J connectivity index is 1.23. The van der Waals surface area contributed by atoms with E-state index in [1.54, 1.807) is 35.6 Å². The highest BCUT2D eigenvalue weighted by Gasteiger charge is 2.35. The first-order valence-corrected chi connectivity index (χ1v) is 12.9. The fourth-order valence-corrected chi connectivity index (χ4v) is 5.75. The van der Waals surface area contributed by atoms with E-state index in [-0.39, 0.29) is 11.8 Å². The van der Waals surface area contributed by atoms with Crippen molar-refractivity contribution < 1.29 is 14.6 Å². The molecule has 0 bridgehead atoms. The lowest BCUT2D eigenvalue weighted by atomic mass is 10.1. The van der Waals surface area contributed by atoms with E-state index >= 15 is 0 Å². The van der Waals surface area contributed by atoms with Crippen LogP contribution in [0.2, 0.25) is 0 Å². The molecule has 10 heteroatoms. The lowest BCUT2D eigenvalue weighted by Gasteiger charge is -2.09. The predicted molar refractivity (Wildman–Crippen MR) is 140 cm³/mol. The fourth-order valence-electron chi connectivity index (χ4n) is 3.95. The van der Waals surface area contributed by atoms with E-state index in [0.29, 0.717) is 31.0 Å². The van der Waals surface area contributed by atoms with E-state index in [0.717, 1.165) is 31.9 Å². The van der Waals surface area contributed by atoms with Crippen LogP contribution in [0.15, 0.2) is 64.7 Å². The number of hydrogen-bond donors (Lipinski definition) is 2. The minimum atomic E-state index is -0.751. The summed E-state index contributed by atoms with van der Waals surface area (Å²) < 4.78 is 5.97. The molecule has 1 fully saturated rings. The molecule has 0 radical (unpaired) electrons. The maximum absolute atomic E-state index is 12.8. The molecule has 1 saturated heterocycles. The van der Waals surface area contributed by atoms with Crippen molar-refractivity contribution in [1.82, 2.24) is 15.3 Å². The maximum atomic E-state index is 12.8. The molecule has 1 amide bonds. The normalized spacial score (nSPS) is 21.2. The molecule has 1 unspecified atom stereocenters. The van der Waals surface area contributed by atoms with Crippen molar-refractivity contribution in [3.05, 3.63) is 70.7 Å². The molecule has 3 heterocycles. The fraction of sp³-hybridized carbons (Fsp3) is 0.280. The van der Waals surface area contributed by atoms with E-state index in [4.69, 9.17) is 4.74 Å². The van der Waals surface area contributed by atoms with Crippen LogP contribution in [0.3, 0.4) is 0 Å². The highest BCUT2D eigenvalue weighted by molar-refractivity contribution is 8.14. The zero-order valence-corrected chi connectivity index (χ0v) is 21.0. The van der Waals surface area contributed by atoms with Crippen molar-refractivity contribution in [2.24, 2.45) is 16.0 Å². The van der Waals surface area contributed by atoms with Crippen LogP contribution in [-0.2, 0) is 6.61 Å². The third kappa shape index (κ3) is 5.46. The third-order valence-electron chi connectivity index (χ3n) is 5.77. The van der Waals surface area contributed by atoms with Crippen LogP contribution >= 0.6 is 23.1 Å². The van der Waals surface area contributed by atoms with Crippen molar-refractivity contribution in [1.29, 1.82) is 0 Å². The summed E-state index contributed by atoms with van der Waals surface area (Å²) in [7, 11) is 1.98. The van der Waals surface area contributed by atoms with Crippen LogP contribution in [-0.4, -0.2) is 57.4 Å². The Bertz CT molecular complexity index is 1270. The molecule has 0 aliphatic carbocycles. The zero-order chi connectivity index (χ0) is 24.4. The number of likely N-dealkylation sites (tertiary alicyclic amines) is 1. The summed E-state index contributed by atoms with van der Waals surface area (Å²) in [5, 5.41) is 15.6. The van der Waals surface area contributed by atoms with Gasteiger partial charge in [-0.05, 0) is 38.2 Å². The number of hydrogen-bond acceptors (Lipinski definition) is 9. The van der Waals surface area contributed by atoms with Crippen LogP contribution in [0, 0.1) is 12.8 Å². The van der Waals surface area contributed by atoms with E-state index in [1.807, 2.05) is 44.3 Å². The Morgan fingerprint density at radius 3 is 2.71 bits per heavy atom. The van der Waals surface area contributed by atoms with E-state index in [2.05, 4.69) is 25.4 Å². The number of thioether (sulfide) groups is 1.